The Morgan fingerprint density at radius 1 is 1.13 bits per heavy atom. The topological polar surface area (TPSA) is 85.6 Å². The van der Waals surface area contributed by atoms with E-state index in [1.54, 1.807) is 12.3 Å². The van der Waals surface area contributed by atoms with Crippen molar-refractivity contribution in [3.8, 4) is 5.75 Å². The van der Waals surface area contributed by atoms with E-state index < -0.39 is 0 Å². The van der Waals surface area contributed by atoms with Crippen LogP contribution in [0.5, 0.6) is 5.75 Å². The molecule has 0 bridgehead atoms. The summed E-state index contributed by atoms with van der Waals surface area (Å²) in [7, 11) is 0. The Hall–Kier alpha value is -2.82. The molecule has 1 amide bonds. The molecule has 7 nitrogen and oxygen atoms in total. The van der Waals surface area contributed by atoms with Crippen molar-refractivity contribution in [1.82, 2.24) is 9.66 Å². The van der Waals surface area contributed by atoms with E-state index in [0.717, 1.165) is 27.7 Å². The molecular weight excluding hydrogens is 680 g/mol. The zero-order chi connectivity index (χ0) is 27.4. The molecule has 0 spiro atoms. The van der Waals surface area contributed by atoms with Crippen LogP contribution in [0.15, 0.2) is 77.9 Å². The van der Waals surface area contributed by atoms with Crippen LogP contribution in [-0.2, 0) is 4.79 Å². The molecule has 0 radical (unpaired) electrons. The molecule has 4 aromatic rings. The van der Waals surface area contributed by atoms with Gasteiger partial charge in [-0.2, -0.15) is 9.78 Å². The molecule has 3 aromatic carbocycles. The number of benzene rings is 3. The van der Waals surface area contributed by atoms with Crippen LogP contribution in [0.4, 0.5) is 5.69 Å². The summed E-state index contributed by atoms with van der Waals surface area (Å²) in [6.07, 6.45) is 2.41. The molecule has 1 atom stereocenters. The molecule has 196 valence electrons. The largest absolute Gasteiger partial charge is 0.481 e. The molecule has 0 aliphatic carbocycles. The zero-order valence-electron chi connectivity index (χ0n) is 21.0. The summed E-state index contributed by atoms with van der Waals surface area (Å²) in [4.78, 5) is 30.5. The van der Waals surface area contributed by atoms with E-state index in [9.17, 15) is 9.59 Å². The molecule has 0 aliphatic heterocycles. The van der Waals surface area contributed by atoms with Crippen molar-refractivity contribution in [2.45, 2.75) is 33.1 Å². The van der Waals surface area contributed by atoms with Crippen molar-refractivity contribution in [2.24, 2.45) is 5.10 Å². The first-order valence-electron chi connectivity index (χ1n) is 11.9. The Bertz CT molecular complexity index is 1580. The summed E-state index contributed by atoms with van der Waals surface area (Å²) >= 11 is 10.5. The second kappa shape index (κ2) is 12.4. The van der Waals surface area contributed by atoms with E-state index in [0.29, 0.717) is 31.4 Å². The number of rotatable bonds is 8. The third-order valence-corrected chi connectivity index (χ3v) is 7.67. The third-order valence-electron chi connectivity index (χ3n) is 6.00. The molecule has 1 heterocycles. The highest BCUT2D eigenvalue weighted by Crippen LogP contribution is 2.34. The molecule has 0 fully saturated rings. The van der Waals surface area contributed by atoms with Crippen molar-refractivity contribution < 1.29 is 9.53 Å². The molecular formula is C28H25Br3N4O3. The van der Waals surface area contributed by atoms with Gasteiger partial charge in [0.15, 0.2) is 6.61 Å². The van der Waals surface area contributed by atoms with Gasteiger partial charge in [-0.25, -0.2) is 4.98 Å². The number of carbonyl (C=O) groups excluding carboxylic acids is 1. The van der Waals surface area contributed by atoms with Gasteiger partial charge in [0, 0.05) is 16.1 Å². The number of hydrogen-bond acceptors (Lipinski definition) is 5. The number of amides is 1. The van der Waals surface area contributed by atoms with E-state index in [1.807, 2.05) is 69.3 Å². The van der Waals surface area contributed by atoms with Crippen molar-refractivity contribution in [2.75, 3.05) is 11.9 Å². The van der Waals surface area contributed by atoms with Gasteiger partial charge in [-0.15, -0.1) is 0 Å². The summed E-state index contributed by atoms with van der Waals surface area (Å²) in [5.41, 5.74) is 2.83. The molecule has 0 aliphatic rings. The minimum atomic E-state index is -0.267. The Morgan fingerprint density at radius 2 is 1.84 bits per heavy atom. The first-order chi connectivity index (χ1) is 18.2. The predicted octanol–water partition coefficient (Wildman–Crippen LogP) is 7.41. The summed E-state index contributed by atoms with van der Waals surface area (Å²) in [6, 6.07) is 16.6. The summed E-state index contributed by atoms with van der Waals surface area (Å²) in [6.45, 7) is 5.83. The lowest BCUT2D eigenvalue weighted by atomic mass is 10.1. The third kappa shape index (κ3) is 6.42. The van der Waals surface area contributed by atoms with E-state index in [1.165, 1.54) is 4.68 Å². The van der Waals surface area contributed by atoms with E-state index in [4.69, 9.17) is 9.72 Å². The maximum atomic E-state index is 13.3. The highest BCUT2D eigenvalue weighted by Gasteiger charge is 2.16. The van der Waals surface area contributed by atoms with Crippen molar-refractivity contribution in [3.05, 3.63) is 95.3 Å². The average molecular weight is 705 g/mol. The molecule has 10 heteroatoms. The first kappa shape index (κ1) is 28.2. The number of ether oxygens (including phenoxy) is 1. The fraction of sp³-hybridized carbons (Fsp3) is 0.214. The molecule has 0 unspecified atom stereocenters. The van der Waals surface area contributed by atoms with Crippen molar-refractivity contribution in [3.63, 3.8) is 0 Å². The monoisotopic (exact) mass is 702 g/mol. The van der Waals surface area contributed by atoms with Crippen LogP contribution in [0.3, 0.4) is 0 Å². The Labute approximate surface area is 245 Å². The number of nitrogens with one attached hydrogen (secondary N) is 1. The predicted molar refractivity (Wildman–Crippen MR) is 163 cm³/mol. The molecule has 38 heavy (non-hydrogen) atoms. The molecule has 1 N–H and O–H groups in total. The van der Waals surface area contributed by atoms with Crippen LogP contribution < -0.4 is 15.6 Å². The molecule has 0 saturated carbocycles. The Balaban J connectivity index is 1.58. The number of halogens is 3. The van der Waals surface area contributed by atoms with Crippen LogP contribution in [-0.4, -0.2) is 28.4 Å². The molecule has 1 aromatic heterocycles. The van der Waals surface area contributed by atoms with Crippen LogP contribution in [0.2, 0.25) is 0 Å². The second-order valence-corrected chi connectivity index (χ2v) is 11.4. The second-order valence-electron chi connectivity index (χ2n) is 8.77. The summed E-state index contributed by atoms with van der Waals surface area (Å²) in [5, 5.41) is 7.86. The fourth-order valence-electron chi connectivity index (χ4n) is 3.73. The number of hydrogen-bond donors (Lipinski definition) is 1. The number of carbonyl (C=O) groups is 1. The van der Waals surface area contributed by atoms with Gasteiger partial charge in [0.1, 0.15) is 11.6 Å². The van der Waals surface area contributed by atoms with Crippen LogP contribution in [0.1, 0.15) is 43.1 Å². The lowest BCUT2D eigenvalue weighted by Gasteiger charge is -2.14. The van der Waals surface area contributed by atoms with Gasteiger partial charge in [0.05, 0.1) is 26.1 Å². The smallest absolute Gasteiger partial charge is 0.282 e. The number of fused-ring (bicyclic) bond motifs is 1. The Kier molecular flexibility index (Phi) is 9.17. The lowest BCUT2D eigenvalue weighted by molar-refractivity contribution is -0.118. The van der Waals surface area contributed by atoms with Gasteiger partial charge < -0.3 is 10.1 Å². The van der Waals surface area contributed by atoms with E-state index >= 15 is 0 Å². The first-order valence-corrected chi connectivity index (χ1v) is 14.3. The maximum Gasteiger partial charge on any atom is 0.282 e. The van der Waals surface area contributed by atoms with E-state index in [2.05, 4.69) is 58.2 Å². The van der Waals surface area contributed by atoms with Crippen molar-refractivity contribution in [1.29, 1.82) is 0 Å². The van der Waals surface area contributed by atoms with Crippen LogP contribution in [0, 0.1) is 6.92 Å². The summed E-state index contributed by atoms with van der Waals surface area (Å²) < 4.78 is 9.21. The molecule has 4 rings (SSSR count). The highest BCUT2D eigenvalue weighted by atomic mass is 79.9. The van der Waals surface area contributed by atoms with E-state index in [-0.39, 0.29) is 24.0 Å². The van der Waals surface area contributed by atoms with Crippen LogP contribution >= 0.6 is 47.8 Å². The van der Waals surface area contributed by atoms with Gasteiger partial charge in [0.25, 0.3) is 11.5 Å². The van der Waals surface area contributed by atoms with Gasteiger partial charge in [-0.05, 0) is 92.7 Å². The van der Waals surface area contributed by atoms with Gasteiger partial charge in [-0.3, -0.25) is 9.59 Å². The average Bonchev–Trinajstić information content (AvgIpc) is 2.88. The lowest BCUT2D eigenvalue weighted by Crippen LogP contribution is -2.23. The minimum absolute atomic E-state index is 0.0352. The number of aromatic nitrogens is 2. The quantitative estimate of drug-likeness (QED) is 0.194. The zero-order valence-corrected chi connectivity index (χ0v) is 25.7. The Morgan fingerprint density at radius 3 is 2.53 bits per heavy atom. The number of nitrogens with zero attached hydrogens (tertiary/aromatic N) is 3. The standard InChI is InChI=1S/C28H25Br3N4O3/c1-4-16(2)27-34-24-10-9-19(29)13-20(24)28(37)35(27)32-14-18-11-21(30)26(22(31)12-18)38-15-25(36)33-23-8-6-5-7-17(23)3/h5-14,16H,4,15H2,1-3H3,(H,33,36)/t16-/m1/s1. The summed E-state index contributed by atoms with van der Waals surface area (Å²) in [5.74, 6) is 0.849. The highest BCUT2D eigenvalue weighted by molar-refractivity contribution is 9.11. The molecule has 0 saturated heterocycles. The number of anilines is 1. The van der Waals surface area contributed by atoms with Gasteiger partial charge in [-0.1, -0.05) is 48.0 Å². The van der Waals surface area contributed by atoms with Gasteiger partial charge >= 0.3 is 0 Å². The SMILES string of the molecule is CC[C@@H](C)c1nc2ccc(Br)cc2c(=O)n1N=Cc1cc(Br)c(OCC(=O)Nc2ccccc2C)c(Br)c1. The van der Waals surface area contributed by atoms with Crippen LogP contribution in [0.25, 0.3) is 10.9 Å². The number of aryl methyl sites for hydroxylation is 1. The fourth-order valence-corrected chi connectivity index (χ4v) is 5.54. The minimum Gasteiger partial charge on any atom is -0.481 e. The van der Waals surface area contributed by atoms with Crippen molar-refractivity contribution >= 4 is 76.5 Å². The van der Waals surface area contributed by atoms with Gasteiger partial charge in [0.2, 0.25) is 0 Å². The normalized spacial score (nSPS) is 12.2. The maximum absolute atomic E-state index is 13.3. The number of para-hydroxylation sites is 1.